The molecular formula is C11H11N3O5S. The third kappa shape index (κ3) is 2.95. The third-order valence-electron chi connectivity index (χ3n) is 2.56. The number of nitro benzene ring substituents is 1. The van der Waals surface area contributed by atoms with E-state index in [1.54, 1.807) is 0 Å². The van der Waals surface area contributed by atoms with Gasteiger partial charge >= 0.3 is 0 Å². The van der Waals surface area contributed by atoms with Crippen LogP contribution in [0.4, 0.5) is 5.69 Å². The van der Waals surface area contributed by atoms with Gasteiger partial charge in [-0.1, -0.05) is 0 Å². The number of nitro groups is 1. The number of hydrogen-bond donors (Lipinski definition) is 3. The van der Waals surface area contributed by atoms with E-state index in [9.17, 15) is 20.0 Å². The molecule has 0 bridgehead atoms. The van der Waals surface area contributed by atoms with Gasteiger partial charge in [0.1, 0.15) is 0 Å². The molecule has 1 heterocycles. The monoisotopic (exact) mass is 297 g/mol. The fourth-order valence-electron chi connectivity index (χ4n) is 1.58. The van der Waals surface area contributed by atoms with Crippen LogP contribution in [0.2, 0.25) is 0 Å². The first-order valence-corrected chi connectivity index (χ1v) is 6.59. The molecule has 1 atom stereocenters. The van der Waals surface area contributed by atoms with Crippen LogP contribution < -0.4 is 5.56 Å². The number of nitrogens with one attached hydrogen (secondary N) is 1. The van der Waals surface area contributed by atoms with Crippen LogP contribution in [0.25, 0.3) is 10.9 Å². The van der Waals surface area contributed by atoms with E-state index in [0.29, 0.717) is 5.52 Å². The van der Waals surface area contributed by atoms with Crippen molar-refractivity contribution in [3.05, 3.63) is 38.9 Å². The lowest BCUT2D eigenvalue weighted by atomic mass is 10.2. The van der Waals surface area contributed by atoms with E-state index in [2.05, 4.69) is 9.97 Å². The molecule has 8 nitrogen and oxygen atoms in total. The van der Waals surface area contributed by atoms with Gasteiger partial charge in [-0.2, -0.15) is 0 Å². The van der Waals surface area contributed by atoms with Crippen LogP contribution in [0.5, 0.6) is 0 Å². The molecule has 2 aromatic rings. The molecule has 0 aliphatic rings. The SMILES string of the molecule is O=c1[nH]cnc2cc(SCC(O)CO)c([N+](=O)[O-])cc12. The molecule has 9 heteroatoms. The number of aromatic amines is 1. The van der Waals surface area contributed by atoms with Crippen molar-refractivity contribution in [3.8, 4) is 0 Å². The maximum atomic E-state index is 11.6. The number of hydrogen-bond acceptors (Lipinski definition) is 7. The van der Waals surface area contributed by atoms with E-state index in [1.807, 2.05) is 0 Å². The first-order chi connectivity index (χ1) is 9.52. The first-order valence-electron chi connectivity index (χ1n) is 5.60. The molecule has 106 valence electrons. The smallest absolute Gasteiger partial charge is 0.283 e. The Morgan fingerprint density at radius 2 is 2.25 bits per heavy atom. The lowest BCUT2D eigenvalue weighted by molar-refractivity contribution is -0.387. The van der Waals surface area contributed by atoms with Crippen molar-refractivity contribution >= 4 is 28.4 Å². The van der Waals surface area contributed by atoms with Crippen LogP contribution in [-0.2, 0) is 0 Å². The number of aromatic nitrogens is 2. The minimum atomic E-state index is -0.970. The van der Waals surface area contributed by atoms with E-state index in [-0.39, 0.29) is 21.7 Å². The zero-order valence-electron chi connectivity index (χ0n) is 10.1. The normalized spacial score (nSPS) is 12.5. The Balaban J connectivity index is 2.49. The summed E-state index contributed by atoms with van der Waals surface area (Å²) in [5, 5.41) is 29.2. The topological polar surface area (TPSA) is 129 Å². The summed E-state index contributed by atoms with van der Waals surface area (Å²) >= 11 is 1.02. The van der Waals surface area contributed by atoms with E-state index in [1.165, 1.54) is 12.4 Å². The Morgan fingerprint density at radius 3 is 2.90 bits per heavy atom. The number of H-pyrrole nitrogens is 1. The number of benzene rings is 1. The van der Waals surface area contributed by atoms with Crippen molar-refractivity contribution < 1.29 is 15.1 Å². The van der Waals surface area contributed by atoms with Gasteiger partial charge in [-0.25, -0.2) is 4.98 Å². The van der Waals surface area contributed by atoms with Crippen molar-refractivity contribution in [1.82, 2.24) is 9.97 Å². The zero-order valence-corrected chi connectivity index (χ0v) is 11.0. The minimum Gasteiger partial charge on any atom is -0.394 e. The average Bonchev–Trinajstić information content (AvgIpc) is 2.44. The van der Waals surface area contributed by atoms with Gasteiger partial charge in [-0.05, 0) is 6.07 Å². The van der Waals surface area contributed by atoms with Crippen molar-refractivity contribution in [2.45, 2.75) is 11.0 Å². The van der Waals surface area contributed by atoms with Gasteiger partial charge < -0.3 is 15.2 Å². The molecule has 0 amide bonds. The lowest BCUT2D eigenvalue weighted by Gasteiger charge is -2.07. The van der Waals surface area contributed by atoms with Crippen molar-refractivity contribution in [2.24, 2.45) is 0 Å². The second-order valence-electron chi connectivity index (χ2n) is 3.97. The molecule has 0 aliphatic carbocycles. The standard InChI is InChI=1S/C11H11N3O5S/c15-3-6(16)4-20-10-2-8-7(1-9(10)14(18)19)11(17)13-5-12-8/h1-2,5-6,15-16H,3-4H2,(H,12,13,17). The Kier molecular flexibility index (Phi) is 4.32. The van der Waals surface area contributed by atoms with Gasteiger partial charge in [-0.3, -0.25) is 14.9 Å². The Bertz CT molecular complexity index is 702. The number of thioether (sulfide) groups is 1. The van der Waals surface area contributed by atoms with E-state index in [0.717, 1.165) is 17.8 Å². The summed E-state index contributed by atoms with van der Waals surface area (Å²) in [6, 6.07) is 2.59. The predicted octanol–water partition coefficient (Wildman–Crippen LogP) is 0.277. The third-order valence-corrected chi connectivity index (χ3v) is 3.75. The summed E-state index contributed by atoms with van der Waals surface area (Å²) in [5.74, 6) is 0.103. The lowest BCUT2D eigenvalue weighted by Crippen LogP contribution is -2.14. The van der Waals surface area contributed by atoms with Gasteiger partial charge in [-0.15, -0.1) is 11.8 Å². The Morgan fingerprint density at radius 1 is 1.50 bits per heavy atom. The fraction of sp³-hybridized carbons (Fsp3) is 0.273. The maximum absolute atomic E-state index is 11.6. The van der Waals surface area contributed by atoms with Crippen LogP contribution in [0.15, 0.2) is 28.2 Å². The second kappa shape index (κ2) is 5.99. The van der Waals surface area contributed by atoms with Gasteiger partial charge in [0.2, 0.25) is 0 Å². The second-order valence-corrected chi connectivity index (χ2v) is 5.04. The average molecular weight is 297 g/mol. The molecule has 3 N–H and O–H groups in total. The number of fused-ring (bicyclic) bond motifs is 1. The van der Waals surface area contributed by atoms with Crippen LogP contribution in [0.3, 0.4) is 0 Å². The molecular weight excluding hydrogens is 286 g/mol. The summed E-state index contributed by atoms with van der Waals surface area (Å²) in [6.45, 7) is -0.424. The maximum Gasteiger partial charge on any atom is 0.283 e. The number of aliphatic hydroxyl groups is 2. The number of aliphatic hydroxyl groups excluding tert-OH is 2. The highest BCUT2D eigenvalue weighted by Crippen LogP contribution is 2.32. The van der Waals surface area contributed by atoms with Crippen molar-refractivity contribution in [3.63, 3.8) is 0 Å². The highest BCUT2D eigenvalue weighted by molar-refractivity contribution is 7.99. The summed E-state index contributed by atoms with van der Waals surface area (Å²) in [7, 11) is 0. The highest BCUT2D eigenvalue weighted by atomic mass is 32.2. The summed E-state index contributed by atoms with van der Waals surface area (Å²) in [5.41, 5.74) is -0.350. The summed E-state index contributed by atoms with van der Waals surface area (Å²) in [6.07, 6.45) is 0.246. The molecule has 0 radical (unpaired) electrons. The van der Waals surface area contributed by atoms with Crippen LogP contribution in [0.1, 0.15) is 0 Å². The van der Waals surface area contributed by atoms with Crippen LogP contribution in [-0.4, -0.2) is 43.6 Å². The van der Waals surface area contributed by atoms with Gasteiger partial charge in [0.05, 0.1) is 39.8 Å². The molecule has 2 rings (SSSR count). The van der Waals surface area contributed by atoms with Gasteiger partial charge in [0.25, 0.3) is 11.2 Å². The Labute approximate surface area is 116 Å². The molecule has 1 aromatic carbocycles. The van der Waals surface area contributed by atoms with Gasteiger partial charge in [0, 0.05) is 11.8 Å². The highest BCUT2D eigenvalue weighted by Gasteiger charge is 2.18. The van der Waals surface area contributed by atoms with Crippen molar-refractivity contribution in [2.75, 3.05) is 12.4 Å². The molecule has 20 heavy (non-hydrogen) atoms. The van der Waals surface area contributed by atoms with E-state index < -0.39 is 23.2 Å². The van der Waals surface area contributed by atoms with Crippen molar-refractivity contribution in [1.29, 1.82) is 0 Å². The number of nitrogens with zero attached hydrogens (tertiary/aromatic N) is 2. The predicted molar refractivity (Wildman–Crippen MR) is 72.8 cm³/mol. The number of rotatable bonds is 5. The zero-order chi connectivity index (χ0) is 14.7. The van der Waals surface area contributed by atoms with Crippen LogP contribution in [0, 0.1) is 10.1 Å². The minimum absolute atomic E-state index is 0.103. The van der Waals surface area contributed by atoms with Gasteiger partial charge in [0.15, 0.2) is 0 Å². The molecule has 0 spiro atoms. The molecule has 0 fully saturated rings. The molecule has 1 aromatic heterocycles. The largest absolute Gasteiger partial charge is 0.394 e. The molecule has 0 saturated carbocycles. The molecule has 0 saturated heterocycles. The Hall–Kier alpha value is -1.97. The van der Waals surface area contributed by atoms with E-state index >= 15 is 0 Å². The molecule has 1 unspecified atom stereocenters. The fourth-order valence-corrected chi connectivity index (χ4v) is 2.54. The van der Waals surface area contributed by atoms with Crippen LogP contribution >= 0.6 is 11.8 Å². The first kappa shape index (κ1) is 14.4. The summed E-state index contributed by atoms with van der Waals surface area (Å²) in [4.78, 5) is 28.6. The molecule has 0 aliphatic heterocycles. The van der Waals surface area contributed by atoms with E-state index in [4.69, 9.17) is 5.11 Å². The summed E-state index contributed by atoms with van der Waals surface area (Å²) < 4.78 is 0. The quantitative estimate of drug-likeness (QED) is 0.410.